The van der Waals surface area contributed by atoms with Gasteiger partial charge < -0.3 is 4.74 Å². The van der Waals surface area contributed by atoms with E-state index in [-0.39, 0.29) is 0 Å². The molecule has 1 aromatic carbocycles. The number of hydrogen-bond donors (Lipinski definition) is 0. The summed E-state index contributed by atoms with van der Waals surface area (Å²) >= 11 is 0. The number of rotatable bonds is 5. The van der Waals surface area contributed by atoms with Gasteiger partial charge in [-0.2, -0.15) is 0 Å². The van der Waals surface area contributed by atoms with Crippen LogP contribution in [-0.4, -0.2) is 55.7 Å². The van der Waals surface area contributed by atoms with E-state index in [2.05, 4.69) is 61.0 Å². The van der Waals surface area contributed by atoms with Crippen molar-refractivity contribution in [1.82, 2.24) is 9.80 Å². The first-order valence-electron chi connectivity index (χ1n) is 7.25. The minimum atomic E-state index is 0.458. The highest BCUT2D eigenvalue weighted by molar-refractivity contribution is 5.19. The molecule has 2 rings (SSSR count). The van der Waals surface area contributed by atoms with Crippen LogP contribution >= 0.6 is 0 Å². The molecule has 1 fully saturated rings. The van der Waals surface area contributed by atoms with Crippen LogP contribution in [0, 0.1) is 0 Å². The van der Waals surface area contributed by atoms with E-state index in [1.54, 1.807) is 0 Å². The van der Waals surface area contributed by atoms with Gasteiger partial charge in [-0.25, -0.2) is 0 Å². The smallest absolute Gasteiger partial charge is 0.0594 e. The standard InChI is InChI=1S/C16H26N2O/c1-14(2)17(3)16(15-7-5-4-6-8-15)13-18-9-11-19-12-10-18/h4-8,14,16H,9-13H2,1-3H3. The van der Waals surface area contributed by atoms with E-state index in [9.17, 15) is 0 Å². The third kappa shape index (κ3) is 4.03. The lowest BCUT2D eigenvalue weighted by Crippen LogP contribution is -2.43. The maximum absolute atomic E-state index is 5.44. The molecule has 19 heavy (non-hydrogen) atoms. The van der Waals surface area contributed by atoms with Crippen molar-refractivity contribution < 1.29 is 4.74 Å². The van der Waals surface area contributed by atoms with Crippen molar-refractivity contribution in [3.05, 3.63) is 35.9 Å². The average Bonchev–Trinajstić information content (AvgIpc) is 2.46. The Morgan fingerprint density at radius 3 is 2.37 bits per heavy atom. The molecule has 1 aliphatic rings. The zero-order valence-electron chi connectivity index (χ0n) is 12.4. The summed E-state index contributed by atoms with van der Waals surface area (Å²) in [5.41, 5.74) is 1.41. The van der Waals surface area contributed by atoms with Crippen LogP contribution < -0.4 is 0 Å². The highest BCUT2D eigenvalue weighted by Gasteiger charge is 2.23. The van der Waals surface area contributed by atoms with E-state index in [0.717, 1.165) is 32.8 Å². The Kier molecular flexibility index (Phi) is 5.37. The number of nitrogens with zero attached hydrogens (tertiary/aromatic N) is 2. The van der Waals surface area contributed by atoms with Crippen molar-refractivity contribution in [2.75, 3.05) is 39.9 Å². The molecule has 1 heterocycles. The molecule has 1 unspecified atom stereocenters. The predicted molar refractivity (Wildman–Crippen MR) is 79.3 cm³/mol. The average molecular weight is 262 g/mol. The van der Waals surface area contributed by atoms with Crippen LogP contribution in [-0.2, 0) is 4.74 Å². The zero-order chi connectivity index (χ0) is 13.7. The van der Waals surface area contributed by atoms with Crippen LogP contribution in [0.25, 0.3) is 0 Å². The maximum Gasteiger partial charge on any atom is 0.0594 e. The van der Waals surface area contributed by atoms with Crippen LogP contribution in [0.3, 0.4) is 0 Å². The summed E-state index contributed by atoms with van der Waals surface area (Å²) in [7, 11) is 2.22. The third-order valence-electron chi connectivity index (χ3n) is 4.03. The topological polar surface area (TPSA) is 15.7 Å². The predicted octanol–water partition coefficient (Wildman–Crippen LogP) is 2.40. The Labute approximate surface area is 117 Å². The Balaban J connectivity index is 2.09. The monoisotopic (exact) mass is 262 g/mol. The molecule has 1 atom stereocenters. The molecule has 3 nitrogen and oxygen atoms in total. The molecule has 3 heteroatoms. The third-order valence-corrected chi connectivity index (χ3v) is 4.03. The van der Waals surface area contributed by atoms with Gasteiger partial charge in [-0.1, -0.05) is 30.3 Å². The maximum atomic E-state index is 5.44. The molecule has 1 saturated heterocycles. The van der Waals surface area contributed by atoms with Crippen molar-refractivity contribution in [3.8, 4) is 0 Å². The first-order chi connectivity index (χ1) is 9.18. The summed E-state index contributed by atoms with van der Waals surface area (Å²) in [6.45, 7) is 9.44. The molecule has 1 aromatic rings. The number of benzene rings is 1. The summed E-state index contributed by atoms with van der Waals surface area (Å²) < 4.78 is 5.44. The Morgan fingerprint density at radius 1 is 1.16 bits per heavy atom. The van der Waals surface area contributed by atoms with Crippen molar-refractivity contribution in [2.24, 2.45) is 0 Å². The molecule has 0 bridgehead atoms. The highest BCUT2D eigenvalue weighted by atomic mass is 16.5. The zero-order valence-corrected chi connectivity index (χ0v) is 12.4. The summed E-state index contributed by atoms with van der Waals surface area (Å²) in [5, 5.41) is 0. The SMILES string of the molecule is CC(C)N(C)C(CN1CCOCC1)c1ccccc1. The van der Waals surface area contributed by atoms with Gasteiger partial charge in [0.2, 0.25) is 0 Å². The van der Waals surface area contributed by atoms with Gasteiger partial charge in [0.1, 0.15) is 0 Å². The van der Waals surface area contributed by atoms with E-state index in [0.29, 0.717) is 12.1 Å². The van der Waals surface area contributed by atoms with Gasteiger partial charge in [0, 0.05) is 31.7 Å². The van der Waals surface area contributed by atoms with Crippen LogP contribution in [0.15, 0.2) is 30.3 Å². The Hall–Kier alpha value is -0.900. The fourth-order valence-electron chi connectivity index (χ4n) is 2.53. The minimum absolute atomic E-state index is 0.458. The molecule has 0 aromatic heterocycles. The molecule has 0 spiro atoms. The Morgan fingerprint density at radius 2 is 1.79 bits per heavy atom. The second-order valence-corrected chi connectivity index (χ2v) is 5.60. The number of morpholine rings is 1. The van der Waals surface area contributed by atoms with Crippen molar-refractivity contribution in [2.45, 2.75) is 25.9 Å². The van der Waals surface area contributed by atoms with Crippen molar-refractivity contribution >= 4 is 0 Å². The molecule has 0 saturated carbocycles. The van der Waals surface area contributed by atoms with Gasteiger partial charge in [-0.15, -0.1) is 0 Å². The lowest BCUT2D eigenvalue weighted by molar-refractivity contribution is 0.0219. The van der Waals surface area contributed by atoms with Gasteiger partial charge >= 0.3 is 0 Å². The van der Waals surface area contributed by atoms with E-state index in [4.69, 9.17) is 4.74 Å². The van der Waals surface area contributed by atoms with Crippen molar-refractivity contribution in [3.63, 3.8) is 0 Å². The van der Waals surface area contributed by atoms with E-state index in [1.165, 1.54) is 5.56 Å². The lowest BCUT2D eigenvalue weighted by atomic mass is 10.0. The number of hydrogen-bond acceptors (Lipinski definition) is 3. The highest BCUT2D eigenvalue weighted by Crippen LogP contribution is 2.22. The molecule has 0 aliphatic carbocycles. The normalized spacial score (nSPS) is 19.0. The first-order valence-corrected chi connectivity index (χ1v) is 7.25. The van der Waals surface area contributed by atoms with Crippen LogP contribution in [0.1, 0.15) is 25.5 Å². The summed E-state index contributed by atoms with van der Waals surface area (Å²) in [4.78, 5) is 4.98. The molecular formula is C16H26N2O. The van der Waals surface area contributed by atoms with Crippen LogP contribution in [0.2, 0.25) is 0 Å². The van der Waals surface area contributed by atoms with E-state index < -0.39 is 0 Å². The van der Waals surface area contributed by atoms with Gasteiger partial charge in [-0.05, 0) is 26.5 Å². The molecule has 1 aliphatic heterocycles. The van der Waals surface area contributed by atoms with E-state index >= 15 is 0 Å². The largest absolute Gasteiger partial charge is 0.379 e. The van der Waals surface area contributed by atoms with E-state index in [1.807, 2.05) is 0 Å². The lowest BCUT2D eigenvalue weighted by Gasteiger charge is -2.37. The Bertz CT molecular complexity index is 360. The van der Waals surface area contributed by atoms with Gasteiger partial charge in [0.05, 0.1) is 13.2 Å². The molecule has 0 amide bonds. The number of ether oxygens (including phenoxy) is 1. The molecule has 106 valence electrons. The minimum Gasteiger partial charge on any atom is -0.379 e. The van der Waals surface area contributed by atoms with Crippen LogP contribution in [0.5, 0.6) is 0 Å². The number of likely N-dealkylation sites (N-methyl/N-ethyl adjacent to an activating group) is 1. The van der Waals surface area contributed by atoms with Crippen molar-refractivity contribution in [1.29, 1.82) is 0 Å². The van der Waals surface area contributed by atoms with Crippen LogP contribution in [0.4, 0.5) is 0 Å². The summed E-state index contributed by atoms with van der Waals surface area (Å²) in [5.74, 6) is 0. The molecule has 0 N–H and O–H groups in total. The molecule has 0 radical (unpaired) electrons. The fourth-order valence-corrected chi connectivity index (χ4v) is 2.53. The van der Waals surface area contributed by atoms with Gasteiger partial charge in [-0.3, -0.25) is 9.80 Å². The molecular weight excluding hydrogens is 236 g/mol. The first kappa shape index (κ1) is 14.5. The van der Waals surface area contributed by atoms with Gasteiger partial charge in [0.25, 0.3) is 0 Å². The second-order valence-electron chi connectivity index (χ2n) is 5.60. The fraction of sp³-hybridized carbons (Fsp3) is 0.625. The summed E-state index contributed by atoms with van der Waals surface area (Å²) in [6, 6.07) is 11.8. The quantitative estimate of drug-likeness (QED) is 0.810. The second kappa shape index (κ2) is 7.04. The van der Waals surface area contributed by atoms with Gasteiger partial charge in [0.15, 0.2) is 0 Å². The summed E-state index contributed by atoms with van der Waals surface area (Å²) in [6.07, 6.45) is 0.